The van der Waals surface area contributed by atoms with Crippen LogP contribution in [0.2, 0.25) is 0 Å². The van der Waals surface area contributed by atoms with Crippen LogP contribution in [0.4, 0.5) is 0 Å². The molecule has 2 heterocycles. The number of hydrogen-bond acceptors (Lipinski definition) is 4. The second-order valence-electron chi connectivity index (χ2n) is 7.37. The van der Waals surface area contributed by atoms with Crippen molar-refractivity contribution in [3.05, 3.63) is 70.4 Å². The standard InChI is InChI=1S/C23H25N3O3/c1-4-15-6-8-16(9-7-15)22-19-20(17-13-14(2)5-10-18(17)27)24-25-21(19)23(28)26(22)11-12-29-3/h5-10,13,22,27H,4,11-12H2,1-3H3,(H,24,25)/t22-/m0/s1. The van der Waals surface area contributed by atoms with Gasteiger partial charge in [-0.05, 0) is 36.6 Å². The summed E-state index contributed by atoms with van der Waals surface area (Å²) >= 11 is 0. The van der Waals surface area contributed by atoms with E-state index in [0.29, 0.717) is 30.1 Å². The number of methoxy groups -OCH3 is 1. The first-order valence-electron chi connectivity index (χ1n) is 9.82. The number of ether oxygens (including phenoxy) is 1. The van der Waals surface area contributed by atoms with E-state index >= 15 is 0 Å². The van der Waals surface area contributed by atoms with Crippen LogP contribution in [0.5, 0.6) is 5.75 Å². The molecule has 0 saturated carbocycles. The Morgan fingerprint density at radius 3 is 2.66 bits per heavy atom. The summed E-state index contributed by atoms with van der Waals surface area (Å²) in [4.78, 5) is 15.0. The molecule has 3 aromatic rings. The summed E-state index contributed by atoms with van der Waals surface area (Å²) in [5.74, 6) is 0.0419. The number of nitrogens with one attached hydrogen (secondary N) is 1. The molecule has 1 aromatic heterocycles. The van der Waals surface area contributed by atoms with E-state index in [2.05, 4.69) is 41.4 Å². The van der Waals surface area contributed by atoms with E-state index in [4.69, 9.17) is 4.74 Å². The number of aromatic hydroxyl groups is 1. The molecule has 0 fully saturated rings. The van der Waals surface area contributed by atoms with E-state index in [-0.39, 0.29) is 17.7 Å². The van der Waals surface area contributed by atoms with Crippen molar-refractivity contribution in [2.75, 3.05) is 20.3 Å². The maximum absolute atomic E-state index is 13.1. The monoisotopic (exact) mass is 391 g/mol. The third-order valence-corrected chi connectivity index (χ3v) is 5.51. The Hall–Kier alpha value is -3.12. The number of carbonyl (C=O) groups excluding carboxylic acids is 1. The number of phenolic OH excluding ortho intramolecular Hbond substituents is 1. The number of fused-ring (bicyclic) bond motifs is 1. The molecule has 6 nitrogen and oxygen atoms in total. The summed E-state index contributed by atoms with van der Waals surface area (Å²) in [5.41, 5.74) is 5.78. The van der Waals surface area contributed by atoms with Crippen LogP contribution in [0.15, 0.2) is 42.5 Å². The number of nitrogens with zero attached hydrogens (tertiary/aromatic N) is 2. The fourth-order valence-electron chi connectivity index (χ4n) is 3.94. The Kier molecular flexibility index (Phi) is 5.11. The molecule has 29 heavy (non-hydrogen) atoms. The van der Waals surface area contributed by atoms with Gasteiger partial charge in [0.15, 0.2) is 0 Å². The molecular formula is C23H25N3O3. The average molecular weight is 391 g/mol. The van der Waals surface area contributed by atoms with Gasteiger partial charge in [0.1, 0.15) is 17.1 Å². The van der Waals surface area contributed by atoms with Gasteiger partial charge in [-0.3, -0.25) is 9.89 Å². The van der Waals surface area contributed by atoms with E-state index in [1.807, 2.05) is 24.0 Å². The molecule has 1 amide bonds. The number of aryl methyl sites for hydroxylation is 2. The van der Waals surface area contributed by atoms with Gasteiger partial charge in [0, 0.05) is 24.8 Å². The Morgan fingerprint density at radius 1 is 1.21 bits per heavy atom. The highest BCUT2D eigenvalue weighted by atomic mass is 16.5. The van der Waals surface area contributed by atoms with Gasteiger partial charge in [-0.1, -0.05) is 42.8 Å². The van der Waals surface area contributed by atoms with Gasteiger partial charge in [-0.15, -0.1) is 0 Å². The van der Waals surface area contributed by atoms with Gasteiger partial charge in [0.05, 0.1) is 12.6 Å². The minimum atomic E-state index is -0.285. The summed E-state index contributed by atoms with van der Waals surface area (Å²) in [6, 6.07) is 13.4. The van der Waals surface area contributed by atoms with Crippen LogP contribution in [0.1, 0.15) is 45.7 Å². The Balaban J connectivity index is 1.87. The zero-order valence-electron chi connectivity index (χ0n) is 16.9. The van der Waals surface area contributed by atoms with Crippen molar-refractivity contribution in [2.24, 2.45) is 0 Å². The lowest BCUT2D eigenvalue weighted by Gasteiger charge is -2.26. The third-order valence-electron chi connectivity index (χ3n) is 5.51. The first-order chi connectivity index (χ1) is 14.0. The van der Waals surface area contributed by atoms with Crippen LogP contribution in [0.25, 0.3) is 11.3 Å². The Labute approximate surface area is 170 Å². The van der Waals surface area contributed by atoms with Gasteiger partial charge < -0.3 is 14.7 Å². The molecule has 0 radical (unpaired) electrons. The van der Waals surface area contributed by atoms with E-state index < -0.39 is 0 Å². The van der Waals surface area contributed by atoms with Crippen LogP contribution >= 0.6 is 0 Å². The van der Waals surface area contributed by atoms with E-state index in [9.17, 15) is 9.90 Å². The van der Waals surface area contributed by atoms with Crippen molar-refractivity contribution in [3.63, 3.8) is 0 Å². The topological polar surface area (TPSA) is 78.5 Å². The minimum Gasteiger partial charge on any atom is -0.507 e. The molecule has 0 saturated heterocycles. The molecule has 150 valence electrons. The van der Waals surface area contributed by atoms with Crippen LogP contribution in [-0.2, 0) is 11.2 Å². The second kappa shape index (κ2) is 7.72. The Bertz CT molecular complexity index is 1040. The zero-order valence-corrected chi connectivity index (χ0v) is 16.9. The number of H-pyrrole nitrogens is 1. The molecule has 0 bridgehead atoms. The number of benzene rings is 2. The highest BCUT2D eigenvalue weighted by molar-refractivity contribution is 6.00. The number of carbonyl (C=O) groups is 1. The van der Waals surface area contributed by atoms with Gasteiger partial charge >= 0.3 is 0 Å². The maximum Gasteiger partial charge on any atom is 0.273 e. The number of aromatic amines is 1. The molecule has 0 aliphatic carbocycles. The number of aromatic nitrogens is 2. The zero-order chi connectivity index (χ0) is 20.5. The quantitative estimate of drug-likeness (QED) is 0.669. The molecule has 1 aliphatic rings. The maximum atomic E-state index is 13.1. The lowest BCUT2D eigenvalue weighted by molar-refractivity contribution is 0.0677. The Morgan fingerprint density at radius 2 is 1.97 bits per heavy atom. The summed E-state index contributed by atoms with van der Waals surface area (Å²) in [6.07, 6.45) is 0.955. The summed E-state index contributed by atoms with van der Waals surface area (Å²) in [7, 11) is 1.63. The fourth-order valence-corrected chi connectivity index (χ4v) is 3.94. The molecule has 2 N–H and O–H groups in total. The van der Waals surface area contributed by atoms with Crippen molar-refractivity contribution in [1.82, 2.24) is 15.1 Å². The van der Waals surface area contributed by atoms with Crippen molar-refractivity contribution in [1.29, 1.82) is 0 Å². The van der Waals surface area contributed by atoms with Gasteiger partial charge in [-0.25, -0.2) is 0 Å². The predicted octanol–water partition coefficient (Wildman–Crippen LogP) is 3.84. The third kappa shape index (κ3) is 3.29. The molecule has 0 unspecified atom stereocenters. The minimum absolute atomic E-state index is 0.104. The highest BCUT2D eigenvalue weighted by Gasteiger charge is 2.42. The molecule has 4 rings (SSSR count). The van der Waals surface area contributed by atoms with Crippen LogP contribution < -0.4 is 0 Å². The van der Waals surface area contributed by atoms with E-state index in [1.165, 1.54) is 5.56 Å². The number of phenols is 1. The first-order valence-corrected chi connectivity index (χ1v) is 9.82. The smallest absolute Gasteiger partial charge is 0.273 e. The molecule has 6 heteroatoms. The molecule has 1 atom stereocenters. The van der Waals surface area contributed by atoms with Crippen molar-refractivity contribution < 1.29 is 14.6 Å². The van der Waals surface area contributed by atoms with Crippen LogP contribution in [0, 0.1) is 6.92 Å². The highest BCUT2D eigenvalue weighted by Crippen LogP contribution is 2.44. The number of hydrogen-bond donors (Lipinski definition) is 2. The lowest BCUT2D eigenvalue weighted by atomic mass is 9.94. The van der Waals surface area contributed by atoms with Crippen molar-refractivity contribution in [2.45, 2.75) is 26.3 Å². The summed E-state index contributed by atoms with van der Waals surface area (Å²) in [5, 5.41) is 17.8. The number of amides is 1. The average Bonchev–Trinajstić information content (AvgIpc) is 3.27. The molecule has 2 aromatic carbocycles. The van der Waals surface area contributed by atoms with Gasteiger partial charge in [0.25, 0.3) is 5.91 Å². The normalized spacial score (nSPS) is 15.8. The van der Waals surface area contributed by atoms with Crippen LogP contribution in [-0.4, -0.2) is 46.4 Å². The van der Waals surface area contributed by atoms with Gasteiger partial charge in [0.2, 0.25) is 0 Å². The molecule has 0 spiro atoms. The summed E-state index contributed by atoms with van der Waals surface area (Å²) < 4.78 is 5.24. The van der Waals surface area contributed by atoms with Crippen molar-refractivity contribution in [3.8, 4) is 17.0 Å². The second-order valence-corrected chi connectivity index (χ2v) is 7.37. The largest absolute Gasteiger partial charge is 0.507 e. The van der Waals surface area contributed by atoms with Crippen LogP contribution in [0.3, 0.4) is 0 Å². The van der Waals surface area contributed by atoms with E-state index in [0.717, 1.165) is 23.1 Å². The van der Waals surface area contributed by atoms with Gasteiger partial charge in [-0.2, -0.15) is 5.10 Å². The fraction of sp³-hybridized carbons (Fsp3) is 0.304. The SMILES string of the molecule is CCc1ccc([C@H]2c3c(-c4cc(C)ccc4O)n[nH]c3C(=O)N2CCOC)cc1. The predicted molar refractivity (Wildman–Crippen MR) is 111 cm³/mol. The molecular weight excluding hydrogens is 366 g/mol. The summed E-state index contributed by atoms with van der Waals surface area (Å²) in [6.45, 7) is 4.99. The van der Waals surface area contributed by atoms with E-state index in [1.54, 1.807) is 13.2 Å². The first kappa shape index (κ1) is 19.2. The van der Waals surface area contributed by atoms with Crippen molar-refractivity contribution >= 4 is 5.91 Å². The lowest BCUT2D eigenvalue weighted by Crippen LogP contribution is -2.32. The number of rotatable bonds is 6. The molecule has 1 aliphatic heterocycles.